The Morgan fingerprint density at radius 2 is 1.87 bits per heavy atom. The molecule has 5 heteroatoms. The Kier molecular flexibility index (Phi) is 3.24. The maximum atomic E-state index is 12.8. The molecule has 0 aromatic carbocycles. The molecular formula is C18H28O5. The SMILES string of the molecule is CC(C)[C@H]1C(=O)O[C@@H]2O[C@@]3(C)CC[C@H]4[C@H](C)CC[C@]1(C)[C@@]24OO3. The van der Waals surface area contributed by atoms with Crippen LogP contribution < -0.4 is 0 Å². The number of hydrogen-bond acceptors (Lipinski definition) is 5. The molecule has 4 aliphatic heterocycles. The second kappa shape index (κ2) is 4.70. The molecule has 1 saturated carbocycles. The molecule has 1 aliphatic carbocycles. The highest BCUT2D eigenvalue weighted by Crippen LogP contribution is 2.66. The van der Waals surface area contributed by atoms with E-state index in [1.807, 2.05) is 6.92 Å². The van der Waals surface area contributed by atoms with Crippen LogP contribution in [0.1, 0.15) is 60.3 Å². The molecular weight excluding hydrogens is 296 g/mol. The molecule has 0 radical (unpaired) electrons. The van der Waals surface area contributed by atoms with Gasteiger partial charge in [0.25, 0.3) is 0 Å². The van der Waals surface area contributed by atoms with E-state index in [-0.39, 0.29) is 29.1 Å². The van der Waals surface area contributed by atoms with Gasteiger partial charge in [0.15, 0.2) is 5.60 Å². The molecule has 0 amide bonds. The van der Waals surface area contributed by atoms with Crippen LogP contribution in [0, 0.1) is 29.1 Å². The monoisotopic (exact) mass is 324 g/mol. The smallest absolute Gasteiger partial charge is 0.312 e. The third kappa shape index (κ3) is 1.82. The zero-order valence-corrected chi connectivity index (χ0v) is 14.8. The summed E-state index contributed by atoms with van der Waals surface area (Å²) in [6, 6.07) is 0. The highest BCUT2D eigenvalue weighted by Gasteiger charge is 2.75. The minimum Gasteiger partial charge on any atom is -0.432 e. The molecule has 4 saturated heterocycles. The lowest BCUT2D eigenvalue weighted by molar-refractivity contribution is -0.569. The van der Waals surface area contributed by atoms with Crippen molar-refractivity contribution in [3.05, 3.63) is 0 Å². The molecule has 5 fully saturated rings. The molecule has 0 aromatic rings. The summed E-state index contributed by atoms with van der Waals surface area (Å²) in [4.78, 5) is 24.7. The number of rotatable bonds is 1. The summed E-state index contributed by atoms with van der Waals surface area (Å²) in [6.45, 7) is 10.5. The van der Waals surface area contributed by atoms with Gasteiger partial charge in [-0.1, -0.05) is 27.7 Å². The fourth-order valence-corrected chi connectivity index (χ4v) is 5.88. The predicted molar refractivity (Wildman–Crippen MR) is 81.8 cm³/mol. The Hall–Kier alpha value is -0.650. The van der Waals surface area contributed by atoms with Crippen LogP contribution in [-0.4, -0.2) is 23.6 Å². The molecule has 0 N–H and O–H groups in total. The number of carbonyl (C=O) groups is 1. The van der Waals surface area contributed by atoms with Crippen molar-refractivity contribution in [2.75, 3.05) is 0 Å². The van der Waals surface area contributed by atoms with Gasteiger partial charge >= 0.3 is 5.97 Å². The number of hydrogen-bond donors (Lipinski definition) is 0. The van der Waals surface area contributed by atoms with Crippen LogP contribution >= 0.6 is 0 Å². The maximum Gasteiger partial charge on any atom is 0.312 e. The summed E-state index contributed by atoms with van der Waals surface area (Å²) < 4.78 is 12.0. The summed E-state index contributed by atoms with van der Waals surface area (Å²) in [5.74, 6) is -0.182. The van der Waals surface area contributed by atoms with E-state index in [9.17, 15) is 4.79 Å². The minimum absolute atomic E-state index is 0.147. The first kappa shape index (κ1) is 15.9. The normalized spacial score (nSPS) is 55.3. The summed E-state index contributed by atoms with van der Waals surface area (Å²) in [5, 5.41) is 0. The molecule has 130 valence electrons. The van der Waals surface area contributed by atoms with Crippen molar-refractivity contribution in [3.8, 4) is 0 Å². The van der Waals surface area contributed by atoms with Crippen LogP contribution in [-0.2, 0) is 24.0 Å². The molecule has 0 unspecified atom stereocenters. The van der Waals surface area contributed by atoms with Crippen molar-refractivity contribution in [3.63, 3.8) is 0 Å². The third-order valence-corrected chi connectivity index (χ3v) is 7.05. The van der Waals surface area contributed by atoms with Gasteiger partial charge in [0.05, 0.1) is 5.92 Å². The Balaban J connectivity index is 1.89. The quantitative estimate of drug-likeness (QED) is 0.546. The van der Waals surface area contributed by atoms with Gasteiger partial charge in [-0.25, -0.2) is 9.78 Å². The zero-order valence-electron chi connectivity index (χ0n) is 14.8. The third-order valence-electron chi connectivity index (χ3n) is 7.05. The molecule has 0 aromatic heterocycles. The first-order valence-electron chi connectivity index (χ1n) is 8.99. The molecule has 5 aliphatic rings. The van der Waals surface area contributed by atoms with Gasteiger partial charge in [0, 0.05) is 17.8 Å². The van der Waals surface area contributed by atoms with Crippen LogP contribution in [0.2, 0.25) is 0 Å². The summed E-state index contributed by atoms with van der Waals surface area (Å²) in [5.41, 5.74) is -1.02. The highest BCUT2D eigenvalue weighted by atomic mass is 17.3. The first-order valence-corrected chi connectivity index (χ1v) is 8.99. The average molecular weight is 324 g/mol. The summed E-state index contributed by atoms with van der Waals surface area (Å²) >= 11 is 0. The van der Waals surface area contributed by atoms with Gasteiger partial charge in [0.1, 0.15) is 0 Å². The topological polar surface area (TPSA) is 54.0 Å². The van der Waals surface area contributed by atoms with Crippen molar-refractivity contribution in [1.82, 2.24) is 0 Å². The van der Waals surface area contributed by atoms with Gasteiger partial charge < -0.3 is 9.47 Å². The van der Waals surface area contributed by atoms with E-state index >= 15 is 0 Å². The second-order valence-corrected chi connectivity index (χ2v) is 8.78. The van der Waals surface area contributed by atoms with E-state index in [0.717, 1.165) is 25.7 Å². The lowest BCUT2D eigenvalue weighted by atomic mass is 9.48. The molecule has 2 bridgehead atoms. The Morgan fingerprint density at radius 1 is 1.13 bits per heavy atom. The fourth-order valence-electron chi connectivity index (χ4n) is 5.88. The second-order valence-electron chi connectivity index (χ2n) is 8.78. The summed E-state index contributed by atoms with van der Waals surface area (Å²) in [7, 11) is 0. The zero-order chi connectivity index (χ0) is 16.6. The molecule has 5 rings (SSSR count). The van der Waals surface area contributed by atoms with Crippen molar-refractivity contribution in [2.24, 2.45) is 29.1 Å². The molecule has 4 heterocycles. The van der Waals surface area contributed by atoms with Gasteiger partial charge in [-0.05, 0) is 38.0 Å². The van der Waals surface area contributed by atoms with Crippen molar-refractivity contribution in [1.29, 1.82) is 0 Å². The van der Waals surface area contributed by atoms with Crippen LogP contribution in [0.25, 0.3) is 0 Å². The lowest BCUT2D eigenvalue weighted by Crippen LogP contribution is -2.74. The van der Waals surface area contributed by atoms with Crippen LogP contribution in [0.4, 0.5) is 0 Å². The Morgan fingerprint density at radius 3 is 2.57 bits per heavy atom. The van der Waals surface area contributed by atoms with E-state index in [1.165, 1.54) is 0 Å². The van der Waals surface area contributed by atoms with Gasteiger partial charge in [-0.2, -0.15) is 0 Å². The lowest BCUT2D eigenvalue weighted by Gasteiger charge is -2.64. The molecule has 7 atom stereocenters. The van der Waals surface area contributed by atoms with Crippen molar-refractivity contribution < 1.29 is 24.0 Å². The van der Waals surface area contributed by atoms with Crippen LogP contribution in [0.5, 0.6) is 0 Å². The Labute approximate surface area is 137 Å². The minimum atomic E-state index is -0.821. The molecule has 5 nitrogen and oxygen atoms in total. The number of esters is 1. The molecule has 23 heavy (non-hydrogen) atoms. The fraction of sp³-hybridized carbons (Fsp3) is 0.944. The van der Waals surface area contributed by atoms with E-state index in [0.29, 0.717) is 5.92 Å². The molecule has 1 spiro atoms. The van der Waals surface area contributed by atoms with Gasteiger partial charge in [-0.15, -0.1) is 0 Å². The van der Waals surface area contributed by atoms with E-state index < -0.39 is 17.7 Å². The predicted octanol–water partition coefficient (Wildman–Crippen LogP) is 3.42. The van der Waals surface area contributed by atoms with Crippen LogP contribution in [0.15, 0.2) is 0 Å². The van der Waals surface area contributed by atoms with E-state index in [2.05, 4.69) is 27.7 Å². The number of ether oxygens (including phenoxy) is 2. The summed E-state index contributed by atoms with van der Waals surface area (Å²) in [6.07, 6.45) is 3.12. The van der Waals surface area contributed by atoms with Crippen LogP contribution in [0.3, 0.4) is 0 Å². The maximum absolute atomic E-state index is 12.8. The van der Waals surface area contributed by atoms with E-state index in [1.54, 1.807) is 0 Å². The standard InChI is InChI=1S/C18H28O5/c1-10(2)13-14(19)20-15-18-12(11(3)6-8-16(13,18)4)7-9-17(5,21-15)22-23-18/h10-13,15H,6-9H2,1-5H3/t11-,12+,13+,15-,16+,17-,18+/m1/s1. The van der Waals surface area contributed by atoms with Crippen molar-refractivity contribution >= 4 is 5.97 Å². The van der Waals surface area contributed by atoms with Crippen molar-refractivity contribution in [2.45, 2.75) is 78.0 Å². The number of carbonyl (C=O) groups excluding carboxylic acids is 1. The van der Waals surface area contributed by atoms with Gasteiger partial charge in [-0.3, -0.25) is 4.79 Å². The first-order chi connectivity index (χ1) is 10.7. The largest absolute Gasteiger partial charge is 0.432 e. The number of fused-ring (bicyclic) bond motifs is 2. The highest BCUT2D eigenvalue weighted by molar-refractivity contribution is 5.75. The van der Waals surface area contributed by atoms with Gasteiger partial charge in [0.2, 0.25) is 12.1 Å². The Bertz CT molecular complexity index is 534. The van der Waals surface area contributed by atoms with E-state index in [4.69, 9.17) is 19.2 Å². The average Bonchev–Trinajstić information content (AvgIpc) is 2.68.